The Hall–Kier alpha value is -2.30. The maximum absolute atomic E-state index is 5.17. The number of benzene rings is 1. The van der Waals surface area contributed by atoms with Crippen molar-refractivity contribution in [2.75, 3.05) is 30.9 Å². The van der Waals surface area contributed by atoms with Gasteiger partial charge in [-0.25, -0.2) is 4.98 Å². The molecule has 0 amide bonds. The summed E-state index contributed by atoms with van der Waals surface area (Å²) in [7, 11) is 3.68. The van der Waals surface area contributed by atoms with Crippen LogP contribution in [0.5, 0.6) is 5.75 Å². The molecule has 0 unspecified atom stereocenters. The topological polar surface area (TPSA) is 50.3 Å². The summed E-state index contributed by atoms with van der Waals surface area (Å²) >= 11 is 0. The number of aromatic nitrogens is 2. The number of rotatable bonds is 7. The van der Waals surface area contributed by atoms with Gasteiger partial charge >= 0.3 is 0 Å². The normalized spacial score (nSPS) is 10.2. The molecule has 0 spiro atoms. The first-order chi connectivity index (χ1) is 10.2. The number of hydrogen-bond acceptors (Lipinski definition) is 5. The van der Waals surface area contributed by atoms with E-state index >= 15 is 0 Å². The number of methoxy groups -OCH3 is 1. The van der Waals surface area contributed by atoms with Gasteiger partial charge in [-0.1, -0.05) is 19.1 Å². The lowest BCUT2D eigenvalue weighted by Gasteiger charge is -2.18. The Bertz CT molecular complexity index is 556. The maximum Gasteiger partial charge on any atom is 0.149 e. The SMILES string of the molecule is CCCNc1cncc(N(C)Cc2ccc(OC)cc2)n1. The largest absolute Gasteiger partial charge is 0.497 e. The van der Waals surface area contributed by atoms with Crippen LogP contribution in [0.1, 0.15) is 18.9 Å². The van der Waals surface area contributed by atoms with Gasteiger partial charge in [-0.15, -0.1) is 0 Å². The second-order valence-electron chi connectivity index (χ2n) is 4.89. The van der Waals surface area contributed by atoms with E-state index in [9.17, 15) is 0 Å². The highest BCUT2D eigenvalue weighted by molar-refractivity contribution is 5.44. The molecule has 0 fully saturated rings. The van der Waals surface area contributed by atoms with E-state index in [1.165, 1.54) is 5.56 Å². The lowest BCUT2D eigenvalue weighted by atomic mass is 10.2. The third kappa shape index (κ3) is 4.34. The van der Waals surface area contributed by atoms with Crippen LogP contribution in [0.25, 0.3) is 0 Å². The molecule has 5 nitrogen and oxygen atoms in total. The zero-order valence-corrected chi connectivity index (χ0v) is 12.8. The fraction of sp³-hybridized carbons (Fsp3) is 0.375. The molecule has 0 saturated heterocycles. The zero-order valence-electron chi connectivity index (χ0n) is 12.8. The molecule has 0 atom stereocenters. The van der Waals surface area contributed by atoms with Gasteiger partial charge in [0.05, 0.1) is 19.5 Å². The third-order valence-corrected chi connectivity index (χ3v) is 3.15. The summed E-state index contributed by atoms with van der Waals surface area (Å²) in [5.41, 5.74) is 1.20. The number of nitrogens with one attached hydrogen (secondary N) is 1. The Morgan fingerprint density at radius 1 is 1.19 bits per heavy atom. The van der Waals surface area contributed by atoms with Crippen LogP contribution in [0.15, 0.2) is 36.7 Å². The van der Waals surface area contributed by atoms with Crippen molar-refractivity contribution in [2.45, 2.75) is 19.9 Å². The number of nitrogens with zero attached hydrogens (tertiary/aromatic N) is 3. The van der Waals surface area contributed by atoms with Crippen molar-refractivity contribution in [1.82, 2.24) is 9.97 Å². The van der Waals surface area contributed by atoms with Crippen molar-refractivity contribution in [3.05, 3.63) is 42.2 Å². The molecule has 5 heteroatoms. The van der Waals surface area contributed by atoms with Gasteiger partial charge in [0.15, 0.2) is 0 Å². The van der Waals surface area contributed by atoms with E-state index in [1.807, 2.05) is 19.2 Å². The van der Waals surface area contributed by atoms with Crippen LogP contribution in [0, 0.1) is 0 Å². The van der Waals surface area contributed by atoms with Crippen LogP contribution in [-0.2, 0) is 6.54 Å². The Morgan fingerprint density at radius 3 is 2.62 bits per heavy atom. The van der Waals surface area contributed by atoms with E-state index in [4.69, 9.17) is 4.74 Å². The van der Waals surface area contributed by atoms with Gasteiger partial charge in [-0.3, -0.25) is 4.98 Å². The van der Waals surface area contributed by atoms with Crippen LogP contribution in [0.2, 0.25) is 0 Å². The first-order valence-corrected chi connectivity index (χ1v) is 7.13. The molecule has 21 heavy (non-hydrogen) atoms. The average molecular weight is 286 g/mol. The molecule has 1 aromatic carbocycles. The molecule has 0 aliphatic carbocycles. The molecule has 0 saturated carbocycles. The van der Waals surface area contributed by atoms with Crippen molar-refractivity contribution in [3.8, 4) is 5.75 Å². The first-order valence-electron chi connectivity index (χ1n) is 7.13. The minimum atomic E-state index is 0.774. The molecule has 0 bridgehead atoms. The van der Waals surface area contributed by atoms with Crippen LogP contribution in [0.4, 0.5) is 11.6 Å². The number of anilines is 2. The van der Waals surface area contributed by atoms with Gasteiger partial charge in [0, 0.05) is 20.1 Å². The molecule has 2 rings (SSSR count). The van der Waals surface area contributed by atoms with Crippen LogP contribution in [0.3, 0.4) is 0 Å². The van der Waals surface area contributed by atoms with E-state index in [2.05, 4.69) is 39.2 Å². The zero-order chi connectivity index (χ0) is 15.1. The van der Waals surface area contributed by atoms with Crippen molar-refractivity contribution in [2.24, 2.45) is 0 Å². The molecule has 0 radical (unpaired) electrons. The van der Waals surface area contributed by atoms with Crippen LogP contribution < -0.4 is 15.0 Å². The Kier molecular flexibility index (Phi) is 5.37. The number of ether oxygens (including phenoxy) is 1. The molecular weight excluding hydrogens is 264 g/mol. The first kappa shape index (κ1) is 15.1. The van der Waals surface area contributed by atoms with Crippen molar-refractivity contribution >= 4 is 11.6 Å². The second kappa shape index (κ2) is 7.47. The van der Waals surface area contributed by atoms with E-state index in [0.717, 1.165) is 36.9 Å². The van der Waals surface area contributed by atoms with Gasteiger partial charge in [0.25, 0.3) is 0 Å². The number of hydrogen-bond donors (Lipinski definition) is 1. The summed E-state index contributed by atoms with van der Waals surface area (Å²) in [4.78, 5) is 10.9. The Labute approximate surface area is 126 Å². The van der Waals surface area contributed by atoms with Gasteiger partial charge in [-0.2, -0.15) is 0 Å². The lowest BCUT2D eigenvalue weighted by Crippen LogP contribution is -2.18. The summed E-state index contributed by atoms with van der Waals surface area (Å²) in [5, 5.41) is 3.25. The highest BCUT2D eigenvalue weighted by Gasteiger charge is 2.05. The summed E-state index contributed by atoms with van der Waals surface area (Å²) < 4.78 is 5.17. The fourth-order valence-corrected chi connectivity index (χ4v) is 1.96. The van der Waals surface area contributed by atoms with E-state index in [1.54, 1.807) is 19.5 Å². The van der Waals surface area contributed by atoms with E-state index < -0.39 is 0 Å². The molecular formula is C16H22N4O. The molecule has 2 aromatic rings. The molecule has 112 valence electrons. The minimum Gasteiger partial charge on any atom is -0.497 e. The Balaban J connectivity index is 2.03. The molecule has 1 N–H and O–H groups in total. The molecule has 0 aliphatic rings. The van der Waals surface area contributed by atoms with Crippen molar-refractivity contribution < 1.29 is 4.74 Å². The highest BCUT2D eigenvalue weighted by atomic mass is 16.5. The Morgan fingerprint density at radius 2 is 1.95 bits per heavy atom. The summed E-state index contributed by atoms with van der Waals surface area (Å²) in [5.74, 6) is 2.54. The lowest BCUT2D eigenvalue weighted by molar-refractivity contribution is 0.414. The summed E-state index contributed by atoms with van der Waals surface area (Å²) in [6.07, 6.45) is 4.59. The molecule has 0 aliphatic heterocycles. The summed E-state index contributed by atoms with van der Waals surface area (Å²) in [6.45, 7) is 3.80. The second-order valence-corrected chi connectivity index (χ2v) is 4.89. The third-order valence-electron chi connectivity index (χ3n) is 3.15. The fourth-order valence-electron chi connectivity index (χ4n) is 1.96. The quantitative estimate of drug-likeness (QED) is 0.848. The van der Waals surface area contributed by atoms with Gasteiger partial charge in [-0.05, 0) is 24.1 Å². The van der Waals surface area contributed by atoms with E-state index in [0.29, 0.717) is 0 Å². The standard InChI is InChI=1S/C16H22N4O/c1-4-9-18-15-10-17-11-16(19-15)20(2)12-13-5-7-14(21-3)8-6-13/h5-8,10-11H,4,9,12H2,1-3H3,(H,18,19). The van der Waals surface area contributed by atoms with Crippen molar-refractivity contribution in [1.29, 1.82) is 0 Å². The smallest absolute Gasteiger partial charge is 0.149 e. The maximum atomic E-state index is 5.17. The summed E-state index contributed by atoms with van der Waals surface area (Å²) in [6, 6.07) is 8.05. The monoisotopic (exact) mass is 286 g/mol. The van der Waals surface area contributed by atoms with Gasteiger partial charge in [0.2, 0.25) is 0 Å². The van der Waals surface area contributed by atoms with Crippen LogP contribution in [-0.4, -0.2) is 30.7 Å². The molecule has 1 heterocycles. The predicted molar refractivity (Wildman–Crippen MR) is 85.9 cm³/mol. The predicted octanol–water partition coefficient (Wildman–Crippen LogP) is 2.94. The van der Waals surface area contributed by atoms with Gasteiger partial charge < -0.3 is 15.0 Å². The van der Waals surface area contributed by atoms with Gasteiger partial charge in [0.1, 0.15) is 17.4 Å². The average Bonchev–Trinajstić information content (AvgIpc) is 2.54. The van der Waals surface area contributed by atoms with Crippen molar-refractivity contribution in [3.63, 3.8) is 0 Å². The van der Waals surface area contributed by atoms with Crippen LogP contribution >= 0.6 is 0 Å². The highest BCUT2D eigenvalue weighted by Crippen LogP contribution is 2.16. The van der Waals surface area contributed by atoms with E-state index in [-0.39, 0.29) is 0 Å². The molecule has 1 aromatic heterocycles. The minimum absolute atomic E-state index is 0.774.